The van der Waals surface area contributed by atoms with Crippen LogP contribution in [0.25, 0.3) is 0 Å². The Morgan fingerprint density at radius 3 is 2.44 bits per heavy atom. The third kappa shape index (κ3) is 4.46. The standard InChI is InChI=1S/C20H23F3N2OS/c21-20(22,23)13-9-11-14(12-10-13)24-19-25-16-7-4-8-17(18(16)27-19)26-15-5-2-1-3-6-15/h9-12,15,17H,1-8H2,(H,24,25). The van der Waals surface area contributed by atoms with Gasteiger partial charge >= 0.3 is 6.18 Å². The molecule has 0 aliphatic heterocycles. The maximum atomic E-state index is 12.7. The first kappa shape index (κ1) is 18.7. The summed E-state index contributed by atoms with van der Waals surface area (Å²) in [7, 11) is 0. The van der Waals surface area contributed by atoms with Gasteiger partial charge in [0.1, 0.15) is 0 Å². The van der Waals surface area contributed by atoms with Crippen molar-refractivity contribution in [2.75, 3.05) is 5.32 Å². The Kier molecular flexibility index (Phi) is 5.41. The van der Waals surface area contributed by atoms with E-state index in [-0.39, 0.29) is 6.10 Å². The molecule has 1 atom stereocenters. The Bertz CT molecular complexity index is 767. The number of aryl methyl sites for hydroxylation is 1. The molecule has 1 aromatic heterocycles. The van der Waals surface area contributed by atoms with Gasteiger partial charge in [0.15, 0.2) is 5.13 Å². The summed E-state index contributed by atoms with van der Waals surface area (Å²) in [5, 5.41) is 3.87. The van der Waals surface area contributed by atoms with E-state index >= 15 is 0 Å². The van der Waals surface area contributed by atoms with Crippen LogP contribution in [0.2, 0.25) is 0 Å². The number of rotatable bonds is 4. The van der Waals surface area contributed by atoms with Crippen LogP contribution in [0.3, 0.4) is 0 Å². The van der Waals surface area contributed by atoms with Crippen LogP contribution in [-0.4, -0.2) is 11.1 Å². The number of alkyl halides is 3. The lowest BCUT2D eigenvalue weighted by Gasteiger charge is -2.29. The van der Waals surface area contributed by atoms with Crippen molar-refractivity contribution in [3.05, 3.63) is 40.4 Å². The van der Waals surface area contributed by atoms with Crippen LogP contribution in [0.5, 0.6) is 0 Å². The van der Waals surface area contributed by atoms with Gasteiger partial charge in [0, 0.05) is 5.69 Å². The third-order valence-electron chi connectivity index (χ3n) is 5.27. The number of hydrogen-bond acceptors (Lipinski definition) is 4. The molecule has 1 aromatic carbocycles. The maximum absolute atomic E-state index is 12.7. The second kappa shape index (κ2) is 7.80. The largest absolute Gasteiger partial charge is 0.416 e. The van der Waals surface area contributed by atoms with Gasteiger partial charge in [-0.2, -0.15) is 13.2 Å². The molecule has 1 fully saturated rings. The highest BCUT2D eigenvalue weighted by Crippen LogP contribution is 2.41. The van der Waals surface area contributed by atoms with E-state index in [1.54, 1.807) is 11.3 Å². The van der Waals surface area contributed by atoms with Crippen molar-refractivity contribution in [3.8, 4) is 0 Å². The van der Waals surface area contributed by atoms with Crippen molar-refractivity contribution in [2.45, 2.75) is 69.8 Å². The molecule has 0 bridgehead atoms. The minimum atomic E-state index is -4.32. The van der Waals surface area contributed by atoms with Crippen molar-refractivity contribution >= 4 is 22.2 Å². The van der Waals surface area contributed by atoms with E-state index in [9.17, 15) is 13.2 Å². The summed E-state index contributed by atoms with van der Waals surface area (Å²) in [6, 6.07) is 5.06. The molecular formula is C20H23F3N2OS. The molecule has 0 spiro atoms. The summed E-state index contributed by atoms with van der Waals surface area (Å²) in [5.74, 6) is 0. The highest BCUT2D eigenvalue weighted by atomic mass is 32.1. The van der Waals surface area contributed by atoms with E-state index in [1.807, 2.05) is 0 Å². The highest BCUT2D eigenvalue weighted by molar-refractivity contribution is 7.15. The molecule has 146 valence electrons. The Labute approximate surface area is 161 Å². The molecule has 1 unspecified atom stereocenters. The van der Waals surface area contributed by atoms with E-state index < -0.39 is 11.7 Å². The topological polar surface area (TPSA) is 34.2 Å². The quantitative estimate of drug-likeness (QED) is 0.630. The second-order valence-corrected chi connectivity index (χ2v) is 8.34. The number of anilines is 2. The number of ether oxygens (including phenoxy) is 1. The fourth-order valence-electron chi connectivity index (χ4n) is 3.86. The van der Waals surface area contributed by atoms with Gasteiger partial charge in [0.05, 0.1) is 28.3 Å². The molecule has 0 radical (unpaired) electrons. The van der Waals surface area contributed by atoms with Crippen LogP contribution in [0, 0.1) is 0 Å². The minimum Gasteiger partial charge on any atom is -0.369 e. The van der Waals surface area contributed by atoms with Crippen molar-refractivity contribution in [1.29, 1.82) is 0 Å². The molecule has 4 rings (SSSR count). The Morgan fingerprint density at radius 2 is 1.74 bits per heavy atom. The van der Waals surface area contributed by atoms with E-state index in [2.05, 4.69) is 10.3 Å². The van der Waals surface area contributed by atoms with Crippen LogP contribution in [-0.2, 0) is 17.3 Å². The predicted octanol–water partition coefficient (Wildman–Crippen LogP) is 6.63. The van der Waals surface area contributed by atoms with Crippen LogP contribution in [0.1, 0.15) is 67.2 Å². The van der Waals surface area contributed by atoms with Gasteiger partial charge in [-0.25, -0.2) is 4.98 Å². The van der Waals surface area contributed by atoms with Crippen LogP contribution in [0.4, 0.5) is 24.0 Å². The molecule has 2 aliphatic carbocycles. The first-order chi connectivity index (χ1) is 13.0. The summed E-state index contributed by atoms with van der Waals surface area (Å²) in [5.41, 5.74) is 1.03. The maximum Gasteiger partial charge on any atom is 0.416 e. The minimum absolute atomic E-state index is 0.109. The molecule has 2 aliphatic rings. The van der Waals surface area contributed by atoms with Gasteiger partial charge in [0.25, 0.3) is 0 Å². The smallest absolute Gasteiger partial charge is 0.369 e. The van der Waals surface area contributed by atoms with Crippen LogP contribution >= 0.6 is 11.3 Å². The SMILES string of the molecule is FC(F)(F)c1ccc(Nc2nc3c(s2)C(OC2CCCCC2)CCC3)cc1. The molecule has 0 saturated heterocycles. The molecule has 3 nitrogen and oxygen atoms in total. The second-order valence-electron chi connectivity index (χ2n) is 7.31. The molecule has 1 heterocycles. The number of nitrogens with one attached hydrogen (secondary N) is 1. The number of hydrogen-bond donors (Lipinski definition) is 1. The summed E-state index contributed by atoms with van der Waals surface area (Å²) < 4.78 is 44.5. The Balaban J connectivity index is 1.46. The van der Waals surface area contributed by atoms with E-state index in [4.69, 9.17) is 4.74 Å². The fourth-order valence-corrected chi connectivity index (χ4v) is 4.97. The monoisotopic (exact) mass is 396 g/mol. The lowest BCUT2D eigenvalue weighted by atomic mass is 9.96. The van der Waals surface area contributed by atoms with Gasteiger partial charge in [-0.15, -0.1) is 0 Å². The number of nitrogens with zero attached hydrogens (tertiary/aromatic N) is 1. The summed E-state index contributed by atoms with van der Waals surface area (Å²) >= 11 is 1.57. The van der Waals surface area contributed by atoms with E-state index in [1.165, 1.54) is 36.3 Å². The molecule has 27 heavy (non-hydrogen) atoms. The van der Waals surface area contributed by atoms with Crippen molar-refractivity contribution in [2.24, 2.45) is 0 Å². The number of benzene rings is 1. The molecule has 0 amide bonds. The number of fused-ring (bicyclic) bond motifs is 1. The third-order valence-corrected chi connectivity index (χ3v) is 6.38. The van der Waals surface area contributed by atoms with Crippen molar-refractivity contribution in [3.63, 3.8) is 0 Å². The molecule has 1 N–H and O–H groups in total. The predicted molar refractivity (Wildman–Crippen MR) is 100 cm³/mol. The summed E-state index contributed by atoms with van der Waals surface area (Å²) in [6.07, 6.45) is 5.23. The van der Waals surface area contributed by atoms with Crippen molar-refractivity contribution in [1.82, 2.24) is 4.98 Å². The number of halogens is 3. The zero-order chi connectivity index (χ0) is 18.9. The lowest BCUT2D eigenvalue weighted by molar-refractivity contribution is -0.137. The first-order valence-electron chi connectivity index (χ1n) is 9.58. The Hall–Kier alpha value is -1.60. The average Bonchev–Trinajstić information content (AvgIpc) is 3.06. The lowest BCUT2D eigenvalue weighted by Crippen LogP contribution is -2.21. The highest BCUT2D eigenvalue weighted by Gasteiger charge is 2.30. The summed E-state index contributed by atoms with van der Waals surface area (Å²) in [6.45, 7) is 0. The molecule has 1 saturated carbocycles. The number of aromatic nitrogens is 1. The van der Waals surface area contributed by atoms with Crippen LogP contribution < -0.4 is 5.32 Å². The normalized spacial score (nSPS) is 21.1. The van der Waals surface area contributed by atoms with Gasteiger partial charge in [0.2, 0.25) is 0 Å². The van der Waals surface area contributed by atoms with Crippen LogP contribution in [0.15, 0.2) is 24.3 Å². The zero-order valence-corrected chi connectivity index (χ0v) is 15.8. The Morgan fingerprint density at radius 1 is 1.00 bits per heavy atom. The van der Waals surface area contributed by atoms with Crippen molar-refractivity contribution < 1.29 is 17.9 Å². The fraction of sp³-hybridized carbons (Fsp3) is 0.550. The van der Waals surface area contributed by atoms with E-state index in [0.29, 0.717) is 11.8 Å². The van der Waals surface area contributed by atoms with Gasteiger partial charge in [-0.1, -0.05) is 30.6 Å². The number of thiazole rings is 1. The summed E-state index contributed by atoms with van der Waals surface area (Å²) in [4.78, 5) is 5.85. The zero-order valence-electron chi connectivity index (χ0n) is 15.0. The van der Waals surface area contributed by atoms with Gasteiger partial charge in [-0.05, 0) is 56.4 Å². The average molecular weight is 396 g/mol. The molecule has 2 aromatic rings. The van der Waals surface area contributed by atoms with Gasteiger partial charge in [-0.3, -0.25) is 0 Å². The molecule has 7 heteroatoms. The first-order valence-corrected chi connectivity index (χ1v) is 10.4. The van der Waals surface area contributed by atoms with Gasteiger partial charge < -0.3 is 10.1 Å². The van der Waals surface area contributed by atoms with E-state index in [0.717, 1.165) is 55.1 Å². The molecular weight excluding hydrogens is 373 g/mol.